The van der Waals surface area contributed by atoms with E-state index in [0.717, 1.165) is 34.8 Å². The first kappa shape index (κ1) is 20.2. The van der Waals surface area contributed by atoms with Crippen molar-refractivity contribution in [3.63, 3.8) is 0 Å². The van der Waals surface area contributed by atoms with Crippen molar-refractivity contribution in [3.05, 3.63) is 81.1 Å². The Morgan fingerprint density at radius 1 is 1.28 bits per heavy atom. The van der Waals surface area contributed by atoms with Crippen LogP contribution in [0, 0.1) is 24.0 Å². The Bertz CT molecular complexity index is 1050. The highest BCUT2D eigenvalue weighted by Crippen LogP contribution is 2.35. The molecule has 0 atom stereocenters. The third-order valence-electron chi connectivity index (χ3n) is 4.42. The molecule has 152 valence electrons. The van der Waals surface area contributed by atoms with E-state index in [1.165, 1.54) is 6.21 Å². The van der Waals surface area contributed by atoms with Crippen molar-refractivity contribution in [2.75, 3.05) is 5.43 Å². The number of hydrogen-bond donors (Lipinski definition) is 1. The number of nitrogens with one attached hydrogen (secondary N) is 1. The number of rotatable bonds is 6. The third-order valence-corrected chi connectivity index (χ3v) is 4.42. The minimum absolute atomic E-state index is 0.136. The minimum atomic E-state index is -4.67. The topological polar surface area (TPSA) is 85.6 Å². The van der Waals surface area contributed by atoms with Gasteiger partial charge in [-0.2, -0.15) is 18.3 Å². The van der Waals surface area contributed by atoms with Crippen LogP contribution < -0.4 is 5.43 Å². The molecule has 0 aliphatic rings. The maximum Gasteiger partial charge on any atom is 0.416 e. The average molecular weight is 406 g/mol. The van der Waals surface area contributed by atoms with Crippen molar-refractivity contribution in [1.29, 1.82) is 0 Å². The van der Waals surface area contributed by atoms with E-state index >= 15 is 0 Å². The molecule has 0 saturated carbocycles. The van der Waals surface area contributed by atoms with Crippen LogP contribution in [0.15, 0.2) is 52.2 Å². The molecule has 0 unspecified atom stereocenters. The van der Waals surface area contributed by atoms with Crippen LogP contribution in [0.2, 0.25) is 0 Å². The van der Waals surface area contributed by atoms with E-state index in [-0.39, 0.29) is 5.69 Å². The number of hydrazone groups is 1. The number of furan rings is 1. The van der Waals surface area contributed by atoms with Gasteiger partial charge in [0, 0.05) is 23.0 Å². The van der Waals surface area contributed by atoms with Crippen molar-refractivity contribution in [1.82, 2.24) is 4.57 Å². The molecule has 29 heavy (non-hydrogen) atoms. The second-order valence-corrected chi connectivity index (χ2v) is 6.35. The van der Waals surface area contributed by atoms with Gasteiger partial charge < -0.3 is 8.98 Å². The molecule has 7 nitrogen and oxygen atoms in total. The van der Waals surface area contributed by atoms with Crippen LogP contribution in [0.3, 0.4) is 0 Å². The maximum absolute atomic E-state index is 12.8. The summed E-state index contributed by atoms with van der Waals surface area (Å²) in [6, 6.07) is 7.76. The first-order valence-corrected chi connectivity index (χ1v) is 8.50. The summed E-state index contributed by atoms with van der Waals surface area (Å²) in [6.07, 6.45) is -1.62. The van der Waals surface area contributed by atoms with Crippen LogP contribution in [0.4, 0.5) is 24.5 Å². The number of alkyl halides is 3. The lowest BCUT2D eigenvalue weighted by Crippen LogP contribution is -2.06. The van der Waals surface area contributed by atoms with Gasteiger partial charge in [0.2, 0.25) is 0 Å². The molecule has 1 N–H and O–H groups in total. The number of hydrogen-bond acceptors (Lipinski definition) is 5. The van der Waals surface area contributed by atoms with Crippen LogP contribution in [-0.4, -0.2) is 15.7 Å². The van der Waals surface area contributed by atoms with Gasteiger partial charge in [-0.15, -0.1) is 0 Å². The summed E-state index contributed by atoms with van der Waals surface area (Å²) in [5.41, 5.74) is 3.13. The van der Waals surface area contributed by atoms with Crippen molar-refractivity contribution in [3.8, 4) is 0 Å². The zero-order valence-corrected chi connectivity index (χ0v) is 15.5. The monoisotopic (exact) mass is 406 g/mol. The zero-order valence-electron chi connectivity index (χ0n) is 15.5. The van der Waals surface area contributed by atoms with Gasteiger partial charge in [-0.1, -0.05) is 0 Å². The number of halogens is 3. The largest absolute Gasteiger partial charge is 0.467 e. The Morgan fingerprint density at radius 2 is 2.03 bits per heavy atom. The normalized spacial score (nSPS) is 11.9. The van der Waals surface area contributed by atoms with E-state index in [0.29, 0.717) is 12.6 Å². The van der Waals surface area contributed by atoms with Gasteiger partial charge in [-0.05, 0) is 44.2 Å². The first-order chi connectivity index (χ1) is 13.7. The standard InChI is InChI=1S/C19H17F3N4O3/c1-12-8-14(13(2)25(12)11-16-4-3-7-29-16)10-23-24-17-6-5-15(19(20,21)22)9-18(17)26(27)28/h3-10,24H,11H2,1-2H3. The Balaban J connectivity index is 1.80. The summed E-state index contributed by atoms with van der Waals surface area (Å²) in [6.45, 7) is 4.34. The number of aryl methyl sites for hydroxylation is 1. The predicted molar refractivity (Wildman–Crippen MR) is 101 cm³/mol. The van der Waals surface area contributed by atoms with Gasteiger partial charge in [0.15, 0.2) is 0 Å². The molecule has 0 amide bonds. The minimum Gasteiger partial charge on any atom is -0.467 e. The van der Waals surface area contributed by atoms with Gasteiger partial charge >= 0.3 is 6.18 Å². The molecule has 3 rings (SSSR count). The summed E-state index contributed by atoms with van der Waals surface area (Å²) in [7, 11) is 0. The summed E-state index contributed by atoms with van der Waals surface area (Å²) in [5, 5.41) is 15.1. The molecule has 2 heterocycles. The van der Waals surface area contributed by atoms with Crippen LogP contribution in [-0.2, 0) is 12.7 Å². The molecular weight excluding hydrogens is 389 g/mol. The molecule has 0 radical (unpaired) electrons. The van der Waals surface area contributed by atoms with E-state index in [2.05, 4.69) is 10.5 Å². The van der Waals surface area contributed by atoms with Gasteiger partial charge in [-0.25, -0.2) is 0 Å². The lowest BCUT2D eigenvalue weighted by atomic mass is 10.1. The van der Waals surface area contributed by atoms with Crippen molar-refractivity contribution < 1.29 is 22.5 Å². The maximum atomic E-state index is 12.8. The summed E-state index contributed by atoms with van der Waals surface area (Å²) in [5.74, 6) is 0.786. The lowest BCUT2D eigenvalue weighted by Gasteiger charge is -2.08. The Labute approximate surface area is 163 Å². The summed E-state index contributed by atoms with van der Waals surface area (Å²) in [4.78, 5) is 10.2. The highest BCUT2D eigenvalue weighted by atomic mass is 19.4. The van der Waals surface area contributed by atoms with Crippen molar-refractivity contribution >= 4 is 17.6 Å². The second-order valence-electron chi connectivity index (χ2n) is 6.35. The van der Waals surface area contributed by atoms with E-state index in [4.69, 9.17) is 4.42 Å². The third kappa shape index (κ3) is 4.48. The molecule has 0 fully saturated rings. The number of benzene rings is 1. The highest BCUT2D eigenvalue weighted by molar-refractivity contribution is 5.82. The van der Waals surface area contributed by atoms with Crippen molar-refractivity contribution in [2.45, 2.75) is 26.6 Å². The highest BCUT2D eigenvalue weighted by Gasteiger charge is 2.33. The molecule has 0 aliphatic carbocycles. The van der Waals surface area contributed by atoms with Crippen LogP contribution in [0.5, 0.6) is 0 Å². The van der Waals surface area contributed by atoms with E-state index in [1.807, 2.05) is 30.5 Å². The second kappa shape index (κ2) is 7.82. The number of nitro groups is 1. The Hall–Kier alpha value is -3.56. The zero-order chi connectivity index (χ0) is 21.2. The van der Waals surface area contributed by atoms with Crippen LogP contribution in [0.1, 0.15) is 28.3 Å². The van der Waals surface area contributed by atoms with Crippen LogP contribution >= 0.6 is 0 Å². The van der Waals surface area contributed by atoms with Crippen molar-refractivity contribution in [2.24, 2.45) is 5.10 Å². The molecule has 0 spiro atoms. The Morgan fingerprint density at radius 3 is 2.66 bits per heavy atom. The molecule has 0 saturated heterocycles. The SMILES string of the molecule is Cc1cc(C=NNc2ccc(C(F)(F)F)cc2[N+](=O)[O-])c(C)n1Cc1ccco1. The van der Waals surface area contributed by atoms with E-state index in [9.17, 15) is 23.3 Å². The smallest absolute Gasteiger partial charge is 0.416 e. The fourth-order valence-electron chi connectivity index (χ4n) is 2.89. The number of anilines is 1. The predicted octanol–water partition coefficient (Wildman–Crippen LogP) is 5.12. The van der Waals surface area contributed by atoms with E-state index in [1.54, 1.807) is 12.3 Å². The lowest BCUT2D eigenvalue weighted by molar-refractivity contribution is -0.384. The first-order valence-electron chi connectivity index (χ1n) is 8.50. The molecule has 0 bridgehead atoms. The van der Waals surface area contributed by atoms with Gasteiger partial charge in [0.1, 0.15) is 11.4 Å². The number of nitrogens with zero attached hydrogens (tertiary/aromatic N) is 3. The fraction of sp³-hybridized carbons (Fsp3) is 0.211. The van der Waals surface area contributed by atoms with Gasteiger partial charge in [0.05, 0.1) is 29.5 Å². The molecule has 2 aromatic heterocycles. The molecule has 0 aliphatic heterocycles. The van der Waals surface area contributed by atoms with E-state index < -0.39 is 22.4 Å². The fourth-order valence-corrected chi connectivity index (χ4v) is 2.89. The molecule has 1 aromatic carbocycles. The molecule has 3 aromatic rings. The summed E-state index contributed by atoms with van der Waals surface area (Å²) >= 11 is 0. The Kier molecular flexibility index (Phi) is 5.44. The van der Waals surface area contributed by atoms with Gasteiger partial charge in [0.25, 0.3) is 5.69 Å². The number of aromatic nitrogens is 1. The van der Waals surface area contributed by atoms with Gasteiger partial charge in [-0.3, -0.25) is 15.5 Å². The number of nitro benzene ring substituents is 1. The average Bonchev–Trinajstić information content (AvgIpc) is 3.25. The summed E-state index contributed by atoms with van der Waals surface area (Å²) < 4.78 is 45.7. The molecular formula is C19H17F3N4O3. The quantitative estimate of drug-likeness (QED) is 0.350. The van der Waals surface area contributed by atoms with Crippen LogP contribution in [0.25, 0.3) is 0 Å². The molecule has 10 heteroatoms.